The number of rotatable bonds is 2. The van der Waals surface area contributed by atoms with E-state index in [9.17, 15) is 27.9 Å². The van der Waals surface area contributed by atoms with E-state index in [0.29, 0.717) is 5.56 Å². The molecule has 1 aliphatic heterocycles. The molecule has 1 aromatic carbocycles. The summed E-state index contributed by atoms with van der Waals surface area (Å²) in [5, 5.41) is 13.6. The number of Topliss-reactive ketones (excluding diaryl/α,β-unsaturated/α-hetero) is 1. The summed E-state index contributed by atoms with van der Waals surface area (Å²) < 4.78 is 39.5. The standard InChI is InChI=1S/C13H13F3N2O3/c1-7(19)9-10(8-5-3-2-4-6-8)17-11(20)18-12(9,21)13(14,15)16/h2-6,9-10,21H,1H3,(H2,17,18,20). The molecular formula is C13H13F3N2O3. The molecule has 21 heavy (non-hydrogen) atoms. The van der Waals surface area contributed by atoms with E-state index in [1.54, 1.807) is 18.2 Å². The molecule has 0 radical (unpaired) electrons. The summed E-state index contributed by atoms with van der Waals surface area (Å²) in [5.41, 5.74) is -3.31. The maximum absolute atomic E-state index is 13.2. The number of hydrogen-bond donors (Lipinski definition) is 3. The number of nitrogens with one attached hydrogen (secondary N) is 2. The van der Waals surface area contributed by atoms with Crippen molar-refractivity contribution < 1.29 is 27.9 Å². The van der Waals surface area contributed by atoms with Crippen LogP contribution in [0.15, 0.2) is 30.3 Å². The summed E-state index contributed by atoms with van der Waals surface area (Å²) in [6.45, 7) is 0.941. The maximum atomic E-state index is 13.2. The van der Waals surface area contributed by atoms with Crippen LogP contribution in [0, 0.1) is 5.92 Å². The molecule has 1 aliphatic rings. The van der Waals surface area contributed by atoms with Crippen LogP contribution in [0.4, 0.5) is 18.0 Å². The number of halogens is 3. The lowest BCUT2D eigenvalue weighted by atomic mass is 9.79. The van der Waals surface area contributed by atoms with Crippen molar-refractivity contribution in [3.63, 3.8) is 0 Å². The Kier molecular flexibility index (Phi) is 3.66. The first kappa shape index (κ1) is 15.3. The average Bonchev–Trinajstić information content (AvgIpc) is 2.37. The zero-order valence-corrected chi connectivity index (χ0v) is 10.9. The fraction of sp³-hybridized carbons (Fsp3) is 0.385. The zero-order valence-electron chi connectivity index (χ0n) is 10.9. The summed E-state index contributed by atoms with van der Waals surface area (Å²) in [4.78, 5) is 23.2. The first-order valence-electron chi connectivity index (χ1n) is 6.10. The van der Waals surface area contributed by atoms with Gasteiger partial charge in [0.15, 0.2) is 0 Å². The number of hydrogen-bond acceptors (Lipinski definition) is 3. The number of benzene rings is 1. The number of aliphatic hydroxyl groups is 1. The number of ketones is 1. The molecule has 1 aromatic rings. The highest BCUT2D eigenvalue weighted by atomic mass is 19.4. The normalized spacial score (nSPS) is 29.5. The van der Waals surface area contributed by atoms with Crippen LogP contribution in [0.3, 0.4) is 0 Å². The quantitative estimate of drug-likeness (QED) is 0.774. The van der Waals surface area contributed by atoms with E-state index < -0.39 is 35.7 Å². The monoisotopic (exact) mass is 302 g/mol. The molecule has 3 N–H and O–H groups in total. The molecule has 3 unspecified atom stereocenters. The minimum Gasteiger partial charge on any atom is -0.363 e. The van der Waals surface area contributed by atoms with E-state index >= 15 is 0 Å². The van der Waals surface area contributed by atoms with Gasteiger partial charge in [0.25, 0.3) is 0 Å². The molecule has 1 fully saturated rings. The summed E-state index contributed by atoms with van der Waals surface area (Å²) in [7, 11) is 0. The van der Waals surface area contributed by atoms with Crippen molar-refractivity contribution in [2.45, 2.75) is 24.9 Å². The minimum absolute atomic E-state index is 0.301. The van der Waals surface area contributed by atoms with Crippen molar-refractivity contribution in [2.75, 3.05) is 0 Å². The van der Waals surface area contributed by atoms with Gasteiger partial charge in [-0.25, -0.2) is 4.79 Å². The van der Waals surface area contributed by atoms with E-state index in [1.165, 1.54) is 17.4 Å². The Bertz CT molecular complexity index is 562. The largest absolute Gasteiger partial charge is 0.437 e. The Balaban J connectivity index is 2.54. The molecule has 0 aromatic heterocycles. The van der Waals surface area contributed by atoms with E-state index in [-0.39, 0.29) is 0 Å². The first-order chi connectivity index (χ1) is 9.67. The molecule has 1 heterocycles. The number of amides is 2. The number of carbonyl (C=O) groups is 2. The number of alkyl halides is 3. The van der Waals surface area contributed by atoms with Gasteiger partial charge in [0, 0.05) is 0 Å². The average molecular weight is 302 g/mol. The fourth-order valence-electron chi connectivity index (χ4n) is 2.46. The van der Waals surface area contributed by atoms with Crippen LogP contribution in [0.5, 0.6) is 0 Å². The Morgan fingerprint density at radius 2 is 1.86 bits per heavy atom. The predicted molar refractivity (Wildman–Crippen MR) is 66.0 cm³/mol. The van der Waals surface area contributed by atoms with Crippen molar-refractivity contribution in [1.82, 2.24) is 10.6 Å². The molecule has 5 nitrogen and oxygen atoms in total. The molecule has 8 heteroatoms. The van der Waals surface area contributed by atoms with Gasteiger partial charge in [-0.15, -0.1) is 0 Å². The van der Waals surface area contributed by atoms with Crippen LogP contribution in [0.25, 0.3) is 0 Å². The molecule has 2 rings (SSSR count). The van der Waals surface area contributed by atoms with Crippen LogP contribution >= 0.6 is 0 Å². The third-order valence-electron chi connectivity index (χ3n) is 3.40. The molecule has 3 atom stereocenters. The minimum atomic E-state index is -5.19. The lowest BCUT2D eigenvalue weighted by molar-refractivity contribution is -0.290. The molecule has 0 saturated carbocycles. The van der Waals surface area contributed by atoms with Gasteiger partial charge in [0.05, 0.1) is 12.0 Å². The summed E-state index contributed by atoms with van der Waals surface area (Å²) in [6.07, 6.45) is -5.19. The first-order valence-corrected chi connectivity index (χ1v) is 6.10. The molecule has 1 saturated heterocycles. The van der Waals surface area contributed by atoms with Crippen molar-refractivity contribution in [3.8, 4) is 0 Å². The Morgan fingerprint density at radius 1 is 1.29 bits per heavy atom. The van der Waals surface area contributed by atoms with Gasteiger partial charge in [0.1, 0.15) is 5.78 Å². The highest BCUT2D eigenvalue weighted by Gasteiger charge is 2.65. The van der Waals surface area contributed by atoms with E-state index in [0.717, 1.165) is 6.92 Å². The smallest absolute Gasteiger partial charge is 0.363 e. The topological polar surface area (TPSA) is 78.4 Å². The van der Waals surface area contributed by atoms with Crippen molar-refractivity contribution >= 4 is 11.8 Å². The highest BCUT2D eigenvalue weighted by Crippen LogP contribution is 2.42. The SMILES string of the molecule is CC(=O)C1C(c2ccccc2)NC(=O)NC1(O)C(F)(F)F. The second-order valence-corrected chi connectivity index (χ2v) is 4.84. The Labute approximate surface area is 118 Å². The number of urea groups is 1. The highest BCUT2D eigenvalue weighted by molar-refractivity contribution is 5.86. The van der Waals surface area contributed by atoms with Crippen molar-refractivity contribution in [1.29, 1.82) is 0 Å². The maximum Gasteiger partial charge on any atom is 0.437 e. The molecule has 0 aliphatic carbocycles. The molecular weight excluding hydrogens is 289 g/mol. The van der Waals surface area contributed by atoms with Gasteiger partial charge >= 0.3 is 12.2 Å². The summed E-state index contributed by atoms with van der Waals surface area (Å²) in [6, 6.07) is 5.25. The van der Waals surface area contributed by atoms with Gasteiger partial charge in [0.2, 0.25) is 5.72 Å². The van der Waals surface area contributed by atoms with Gasteiger partial charge in [-0.2, -0.15) is 13.2 Å². The van der Waals surface area contributed by atoms with Crippen LogP contribution < -0.4 is 10.6 Å². The van der Waals surface area contributed by atoms with Gasteiger partial charge < -0.3 is 15.7 Å². The molecule has 2 amide bonds. The van der Waals surface area contributed by atoms with Crippen LogP contribution in [-0.4, -0.2) is 28.8 Å². The molecule has 114 valence electrons. The zero-order chi connectivity index (χ0) is 15.8. The van der Waals surface area contributed by atoms with Crippen LogP contribution in [-0.2, 0) is 4.79 Å². The van der Waals surface area contributed by atoms with Gasteiger partial charge in [-0.3, -0.25) is 4.79 Å². The van der Waals surface area contributed by atoms with Gasteiger partial charge in [-0.1, -0.05) is 30.3 Å². The van der Waals surface area contributed by atoms with Crippen molar-refractivity contribution in [3.05, 3.63) is 35.9 Å². The lowest BCUT2D eigenvalue weighted by Crippen LogP contribution is -2.72. The summed E-state index contributed by atoms with van der Waals surface area (Å²) >= 11 is 0. The molecule has 0 spiro atoms. The predicted octanol–water partition coefficient (Wildman–Crippen LogP) is 1.50. The van der Waals surface area contributed by atoms with Gasteiger partial charge in [-0.05, 0) is 12.5 Å². The third kappa shape index (κ3) is 2.58. The second-order valence-electron chi connectivity index (χ2n) is 4.84. The van der Waals surface area contributed by atoms with E-state index in [4.69, 9.17) is 0 Å². The second kappa shape index (κ2) is 5.03. The number of carbonyl (C=O) groups excluding carboxylic acids is 2. The van der Waals surface area contributed by atoms with Crippen LogP contribution in [0.2, 0.25) is 0 Å². The third-order valence-corrected chi connectivity index (χ3v) is 3.40. The van der Waals surface area contributed by atoms with E-state index in [2.05, 4.69) is 5.32 Å². The Hall–Kier alpha value is -2.09. The van der Waals surface area contributed by atoms with Crippen molar-refractivity contribution in [2.24, 2.45) is 5.92 Å². The molecule has 0 bridgehead atoms. The lowest BCUT2D eigenvalue weighted by Gasteiger charge is -2.44. The van der Waals surface area contributed by atoms with Crippen LogP contribution in [0.1, 0.15) is 18.5 Å². The fourth-order valence-corrected chi connectivity index (χ4v) is 2.46. The van der Waals surface area contributed by atoms with E-state index in [1.807, 2.05) is 0 Å². The Morgan fingerprint density at radius 3 is 2.33 bits per heavy atom. The summed E-state index contributed by atoms with van der Waals surface area (Å²) in [5.74, 6) is -2.78.